The average molecular weight is 296 g/mol. The van der Waals surface area contributed by atoms with Gasteiger partial charge in [0.2, 0.25) is 0 Å². The van der Waals surface area contributed by atoms with Gasteiger partial charge in [-0.05, 0) is 42.0 Å². The number of ether oxygens (including phenoxy) is 1. The Morgan fingerprint density at radius 1 is 0.955 bits per heavy atom. The quantitative estimate of drug-likeness (QED) is 0.596. The summed E-state index contributed by atoms with van der Waals surface area (Å²) >= 11 is 0. The van der Waals surface area contributed by atoms with E-state index in [2.05, 4.69) is 45.0 Å². The highest BCUT2D eigenvalue weighted by Gasteiger charge is 2.13. The molecule has 2 aromatic rings. The molecule has 0 atom stereocenters. The van der Waals surface area contributed by atoms with Crippen molar-refractivity contribution in [2.24, 2.45) is 0 Å². The van der Waals surface area contributed by atoms with Crippen LogP contribution in [0.15, 0.2) is 48.5 Å². The van der Waals surface area contributed by atoms with Crippen molar-refractivity contribution in [3.63, 3.8) is 0 Å². The van der Waals surface area contributed by atoms with E-state index in [0.29, 0.717) is 18.6 Å². The molecule has 2 aromatic carbocycles. The van der Waals surface area contributed by atoms with Gasteiger partial charge < -0.3 is 4.74 Å². The fourth-order valence-corrected chi connectivity index (χ4v) is 2.21. The lowest BCUT2D eigenvalue weighted by atomic mass is 9.86. The molecule has 0 aliphatic heterocycles. The number of esters is 1. The third-order valence-corrected chi connectivity index (χ3v) is 3.69. The fraction of sp³-hybridized carbons (Fsp3) is 0.350. The fourth-order valence-electron chi connectivity index (χ4n) is 2.21. The molecule has 0 aromatic heterocycles. The van der Waals surface area contributed by atoms with E-state index >= 15 is 0 Å². The molecule has 0 heterocycles. The van der Waals surface area contributed by atoms with Gasteiger partial charge in [-0.2, -0.15) is 0 Å². The van der Waals surface area contributed by atoms with Gasteiger partial charge in [0.1, 0.15) is 5.75 Å². The number of carbonyl (C=O) groups is 1. The zero-order valence-electron chi connectivity index (χ0n) is 13.8. The Kier molecular flexibility index (Phi) is 5.02. The summed E-state index contributed by atoms with van der Waals surface area (Å²) in [5, 5.41) is 0. The molecule has 0 fully saturated rings. The van der Waals surface area contributed by atoms with Crippen LogP contribution in [0.3, 0.4) is 0 Å². The molecular weight excluding hydrogens is 272 g/mol. The summed E-state index contributed by atoms with van der Waals surface area (Å²) in [4.78, 5) is 11.9. The minimum atomic E-state index is -0.191. The summed E-state index contributed by atoms with van der Waals surface area (Å²) in [7, 11) is 0. The lowest BCUT2D eigenvalue weighted by molar-refractivity contribution is -0.134. The van der Waals surface area contributed by atoms with Gasteiger partial charge in [-0.3, -0.25) is 4.79 Å². The van der Waals surface area contributed by atoms with Crippen LogP contribution in [0.4, 0.5) is 0 Å². The van der Waals surface area contributed by atoms with Crippen LogP contribution in [0.2, 0.25) is 0 Å². The third kappa shape index (κ3) is 4.73. The van der Waals surface area contributed by atoms with Crippen molar-refractivity contribution in [3.05, 3.63) is 65.2 Å². The van der Waals surface area contributed by atoms with E-state index in [0.717, 1.165) is 11.1 Å². The first-order chi connectivity index (χ1) is 10.3. The smallest absolute Gasteiger partial charge is 0.311 e. The van der Waals surface area contributed by atoms with Gasteiger partial charge in [0, 0.05) is 6.42 Å². The molecular formula is C20H24O2. The van der Waals surface area contributed by atoms with Crippen molar-refractivity contribution in [1.29, 1.82) is 0 Å². The second-order valence-electron chi connectivity index (χ2n) is 6.73. The Labute approximate surface area is 133 Å². The summed E-state index contributed by atoms with van der Waals surface area (Å²) in [6.07, 6.45) is 1.10. The molecule has 2 rings (SSSR count). The van der Waals surface area contributed by atoms with Gasteiger partial charge in [0.25, 0.3) is 0 Å². The van der Waals surface area contributed by atoms with Crippen LogP contribution in [0.1, 0.15) is 43.9 Å². The number of hydrogen-bond acceptors (Lipinski definition) is 2. The van der Waals surface area contributed by atoms with Crippen LogP contribution in [-0.4, -0.2) is 5.97 Å². The Morgan fingerprint density at radius 3 is 2.09 bits per heavy atom. The molecule has 0 N–H and O–H groups in total. The van der Waals surface area contributed by atoms with E-state index in [9.17, 15) is 4.79 Å². The highest BCUT2D eigenvalue weighted by Crippen LogP contribution is 2.22. The third-order valence-electron chi connectivity index (χ3n) is 3.69. The predicted molar refractivity (Wildman–Crippen MR) is 90.3 cm³/mol. The predicted octanol–water partition coefficient (Wildman–Crippen LogP) is 4.83. The largest absolute Gasteiger partial charge is 0.427 e. The Balaban J connectivity index is 1.87. The maximum Gasteiger partial charge on any atom is 0.311 e. The zero-order valence-corrected chi connectivity index (χ0v) is 13.8. The minimum absolute atomic E-state index is 0.156. The van der Waals surface area contributed by atoms with Crippen LogP contribution >= 0.6 is 0 Å². The minimum Gasteiger partial charge on any atom is -0.427 e. The van der Waals surface area contributed by atoms with Crippen LogP contribution in [0, 0.1) is 6.92 Å². The second kappa shape index (κ2) is 6.78. The van der Waals surface area contributed by atoms with Gasteiger partial charge in [-0.1, -0.05) is 62.7 Å². The van der Waals surface area contributed by atoms with Gasteiger partial charge >= 0.3 is 5.97 Å². The Morgan fingerprint density at radius 2 is 1.55 bits per heavy atom. The van der Waals surface area contributed by atoms with Crippen molar-refractivity contribution < 1.29 is 9.53 Å². The van der Waals surface area contributed by atoms with Crippen LogP contribution in [0.25, 0.3) is 0 Å². The summed E-state index contributed by atoms with van der Waals surface area (Å²) in [6, 6.07) is 16.0. The summed E-state index contributed by atoms with van der Waals surface area (Å²) in [6.45, 7) is 8.59. The van der Waals surface area contributed by atoms with Crippen molar-refractivity contribution in [2.75, 3.05) is 0 Å². The molecule has 0 saturated carbocycles. The van der Waals surface area contributed by atoms with Crippen molar-refractivity contribution in [3.8, 4) is 5.75 Å². The highest BCUT2D eigenvalue weighted by atomic mass is 16.5. The second-order valence-corrected chi connectivity index (χ2v) is 6.73. The van der Waals surface area contributed by atoms with Crippen LogP contribution in [0.5, 0.6) is 5.75 Å². The molecule has 0 amide bonds. The first kappa shape index (κ1) is 16.3. The van der Waals surface area contributed by atoms with Crippen LogP contribution in [-0.2, 0) is 16.6 Å². The lowest BCUT2D eigenvalue weighted by Gasteiger charge is -2.19. The van der Waals surface area contributed by atoms with Crippen molar-refractivity contribution in [2.45, 2.75) is 46.0 Å². The van der Waals surface area contributed by atoms with E-state index in [1.54, 1.807) is 0 Å². The SMILES string of the molecule is Cc1ccc(OC(=O)CCc2ccc(C(C)(C)C)cc2)cc1. The van der Waals surface area contributed by atoms with Crippen molar-refractivity contribution in [1.82, 2.24) is 0 Å². The van der Waals surface area contributed by atoms with Gasteiger partial charge in [0.05, 0.1) is 0 Å². The van der Waals surface area contributed by atoms with E-state index in [-0.39, 0.29) is 11.4 Å². The number of carbonyl (C=O) groups excluding carboxylic acids is 1. The summed E-state index contributed by atoms with van der Waals surface area (Å²) in [5.74, 6) is 0.419. The standard InChI is InChI=1S/C20H24O2/c1-15-5-12-18(13-6-15)22-19(21)14-9-16-7-10-17(11-8-16)20(2,3)4/h5-8,10-13H,9,14H2,1-4H3. The lowest BCUT2D eigenvalue weighted by Crippen LogP contribution is -2.11. The molecule has 116 valence electrons. The van der Waals surface area contributed by atoms with Gasteiger partial charge in [-0.15, -0.1) is 0 Å². The molecule has 0 spiro atoms. The molecule has 0 bridgehead atoms. The van der Waals surface area contributed by atoms with Crippen molar-refractivity contribution >= 4 is 5.97 Å². The van der Waals surface area contributed by atoms with Crippen LogP contribution < -0.4 is 4.74 Å². The molecule has 0 aliphatic carbocycles. The average Bonchev–Trinajstić information content (AvgIpc) is 2.47. The molecule has 2 nitrogen and oxygen atoms in total. The Hall–Kier alpha value is -2.09. The molecule has 0 saturated heterocycles. The molecule has 0 radical (unpaired) electrons. The number of benzene rings is 2. The van der Waals surface area contributed by atoms with E-state index < -0.39 is 0 Å². The van der Waals surface area contributed by atoms with Gasteiger partial charge in [-0.25, -0.2) is 0 Å². The summed E-state index contributed by atoms with van der Waals surface area (Å²) in [5.41, 5.74) is 3.77. The highest BCUT2D eigenvalue weighted by molar-refractivity contribution is 5.72. The van der Waals surface area contributed by atoms with E-state index in [1.165, 1.54) is 5.56 Å². The van der Waals surface area contributed by atoms with E-state index in [4.69, 9.17) is 4.74 Å². The normalized spacial score (nSPS) is 11.3. The number of aryl methyl sites for hydroxylation is 2. The molecule has 0 unspecified atom stereocenters. The Bertz CT molecular complexity index is 616. The molecule has 2 heteroatoms. The first-order valence-corrected chi connectivity index (χ1v) is 7.71. The van der Waals surface area contributed by atoms with Gasteiger partial charge in [0.15, 0.2) is 0 Å². The topological polar surface area (TPSA) is 26.3 Å². The first-order valence-electron chi connectivity index (χ1n) is 7.71. The zero-order chi connectivity index (χ0) is 16.2. The maximum atomic E-state index is 11.9. The number of rotatable bonds is 4. The molecule has 0 aliphatic rings. The van der Waals surface area contributed by atoms with E-state index in [1.807, 2.05) is 31.2 Å². The monoisotopic (exact) mass is 296 g/mol. The molecule has 22 heavy (non-hydrogen) atoms. The number of hydrogen-bond donors (Lipinski definition) is 0. The summed E-state index contributed by atoms with van der Waals surface area (Å²) < 4.78 is 5.33. The maximum absolute atomic E-state index is 11.9.